The molecule has 1 aliphatic heterocycles. The molecule has 3 aromatic rings. The SMILES string of the molecule is Cc1ccc(C(=O)Nc2ccc(N3CCN(c4ccccc4F)CC3)cc2C(=O)O)cc1. The number of aromatic carboxylic acids is 1. The van der Waals surface area contributed by atoms with Crippen molar-refractivity contribution in [3.63, 3.8) is 0 Å². The number of para-hydroxylation sites is 1. The standard InChI is InChI=1S/C25H24FN3O3/c1-17-6-8-18(9-7-17)24(30)27-22-11-10-19(16-20(22)25(31)32)28-12-14-29(15-13-28)23-5-3-2-4-21(23)26/h2-11,16H,12-15H2,1H3,(H,27,30)(H,31,32). The van der Waals surface area contributed by atoms with Crippen molar-refractivity contribution in [3.8, 4) is 0 Å². The number of rotatable bonds is 5. The molecule has 1 heterocycles. The number of carboxylic acids is 1. The summed E-state index contributed by atoms with van der Waals surface area (Å²) in [6, 6.07) is 18.8. The number of carbonyl (C=O) groups excluding carboxylic acids is 1. The van der Waals surface area contributed by atoms with E-state index in [1.54, 1.807) is 42.5 Å². The highest BCUT2D eigenvalue weighted by Gasteiger charge is 2.22. The predicted octanol–water partition coefficient (Wildman–Crippen LogP) is 4.41. The number of amides is 1. The first-order valence-corrected chi connectivity index (χ1v) is 10.4. The van der Waals surface area contributed by atoms with Crippen LogP contribution in [0.15, 0.2) is 66.7 Å². The summed E-state index contributed by atoms with van der Waals surface area (Å²) in [6.07, 6.45) is 0. The van der Waals surface area contributed by atoms with Crippen molar-refractivity contribution in [2.75, 3.05) is 41.3 Å². The van der Waals surface area contributed by atoms with Gasteiger partial charge in [-0.3, -0.25) is 4.79 Å². The topological polar surface area (TPSA) is 72.9 Å². The van der Waals surface area contributed by atoms with Crippen molar-refractivity contribution < 1.29 is 19.1 Å². The molecule has 2 N–H and O–H groups in total. The minimum Gasteiger partial charge on any atom is -0.478 e. The van der Waals surface area contributed by atoms with E-state index in [-0.39, 0.29) is 23.0 Å². The van der Waals surface area contributed by atoms with Crippen LogP contribution >= 0.6 is 0 Å². The second-order valence-electron chi connectivity index (χ2n) is 7.78. The van der Waals surface area contributed by atoms with Crippen LogP contribution in [0.5, 0.6) is 0 Å². The van der Waals surface area contributed by atoms with E-state index in [0.29, 0.717) is 37.4 Å². The fourth-order valence-corrected chi connectivity index (χ4v) is 3.83. The van der Waals surface area contributed by atoms with Crippen molar-refractivity contribution in [1.82, 2.24) is 0 Å². The van der Waals surface area contributed by atoms with Gasteiger partial charge in [0.1, 0.15) is 5.82 Å². The molecule has 6 nitrogen and oxygen atoms in total. The van der Waals surface area contributed by atoms with Gasteiger partial charge < -0.3 is 20.2 Å². The Morgan fingerprint density at radius 3 is 2.22 bits per heavy atom. The van der Waals surface area contributed by atoms with E-state index in [9.17, 15) is 19.1 Å². The molecule has 32 heavy (non-hydrogen) atoms. The first-order chi connectivity index (χ1) is 15.4. The van der Waals surface area contributed by atoms with Gasteiger partial charge in [0.2, 0.25) is 0 Å². The fraction of sp³-hybridized carbons (Fsp3) is 0.200. The van der Waals surface area contributed by atoms with Crippen LogP contribution in [0.1, 0.15) is 26.3 Å². The average Bonchev–Trinajstić information content (AvgIpc) is 2.80. The minimum absolute atomic E-state index is 0.0273. The zero-order valence-corrected chi connectivity index (χ0v) is 17.7. The molecule has 1 saturated heterocycles. The lowest BCUT2D eigenvalue weighted by molar-refractivity contribution is 0.0698. The van der Waals surface area contributed by atoms with E-state index in [0.717, 1.165) is 11.3 Å². The van der Waals surface area contributed by atoms with E-state index >= 15 is 0 Å². The van der Waals surface area contributed by atoms with Crippen molar-refractivity contribution in [3.05, 3.63) is 89.2 Å². The maximum absolute atomic E-state index is 14.1. The number of benzene rings is 3. The molecule has 7 heteroatoms. The molecule has 4 rings (SSSR count). The van der Waals surface area contributed by atoms with Gasteiger partial charge >= 0.3 is 5.97 Å². The molecular weight excluding hydrogens is 409 g/mol. The zero-order chi connectivity index (χ0) is 22.7. The second kappa shape index (κ2) is 9.09. The summed E-state index contributed by atoms with van der Waals surface area (Å²) in [4.78, 5) is 28.5. The zero-order valence-electron chi connectivity index (χ0n) is 17.7. The summed E-state index contributed by atoms with van der Waals surface area (Å²) in [6.45, 7) is 4.43. The summed E-state index contributed by atoms with van der Waals surface area (Å²) in [5.74, 6) is -1.72. The average molecular weight is 433 g/mol. The Kier molecular flexibility index (Phi) is 6.07. The van der Waals surface area contributed by atoms with Crippen LogP contribution in [0, 0.1) is 12.7 Å². The summed E-state index contributed by atoms with van der Waals surface area (Å²) in [5.41, 5.74) is 3.10. The highest BCUT2D eigenvalue weighted by Crippen LogP contribution is 2.27. The summed E-state index contributed by atoms with van der Waals surface area (Å²) in [7, 11) is 0. The molecule has 0 aromatic heterocycles. The van der Waals surface area contributed by atoms with E-state index in [1.165, 1.54) is 6.07 Å². The lowest BCUT2D eigenvalue weighted by atomic mass is 10.1. The molecule has 3 aromatic carbocycles. The van der Waals surface area contributed by atoms with Gasteiger partial charge in [0.05, 0.1) is 16.9 Å². The van der Waals surface area contributed by atoms with E-state index in [4.69, 9.17) is 0 Å². The Labute approximate surface area is 185 Å². The van der Waals surface area contributed by atoms with Gasteiger partial charge in [-0.2, -0.15) is 0 Å². The Morgan fingerprint density at radius 2 is 1.56 bits per heavy atom. The molecule has 0 atom stereocenters. The predicted molar refractivity (Wildman–Crippen MR) is 123 cm³/mol. The molecule has 0 saturated carbocycles. The van der Waals surface area contributed by atoms with Crippen LogP contribution in [0.4, 0.5) is 21.5 Å². The second-order valence-corrected chi connectivity index (χ2v) is 7.78. The van der Waals surface area contributed by atoms with Crippen molar-refractivity contribution in [1.29, 1.82) is 0 Å². The molecule has 164 valence electrons. The molecule has 1 fully saturated rings. The number of hydrogen-bond acceptors (Lipinski definition) is 4. The highest BCUT2D eigenvalue weighted by atomic mass is 19.1. The van der Waals surface area contributed by atoms with Crippen LogP contribution in [-0.2, 0) is 0 Å². The van der Waals surface area contributed by atoms with E-state index < -0.39 is 5.97 Å². The Balaban J connectivity index is 1.48. The van der Waals surface area contributed by atoms with Gasteiger partial charge in [-0.1, -0.05) is 29.8 Å². The normalized spacial score (nSPS) is 13.7. The number of anilines is 3. The number of piperazine rings is 1. The third kappa shape index (κ3) is 4.56. The molecule has 1 aliphatic rings. The number of aryl methyl sites for hydroxylation is 1. The third-order valence-corrected chi connectivity index (χ3v) is 5.63. The minimum atomic E-state index is -1.11. The first kappa shape index (κ1) is 21.4. The fourth-order valence-electron chi connectivity index (χ4n) is 3.83. The lowest BCUT2D eigenvalue weighted by Gasteiger charge is -2.37. The Hall–Kier alpha value is -3.87. The number of halogens is 1. The third-order valence-electron chi connectivity index (χ3n) is 5.63. The molecule has 1 amide bonds. The summed E-state index contributed by atoms with van der Waals surface area (Å²) < 4.78 is 14.1. The molecule has 0 unspecified atom stereocenters. The van der Waals surface area contributed by atoms with Gasteiger partial charge in [-0.25, -0.2) is 9.18 Å². The molecule has 0 aliphatic carbocycles. The van der Waals surface area contributed by atoms with Gasteiger partial charge in [0, 0.05) is 37.4 Å². The number of nitrogens with zero attached hydrogens (tertiary/aromatic N) is 2. The van der Waals surface area contributed by atoms with Crippen LogP contribution in [0.3, 0.4) is 0 Å². The van der Waals surface area contributed by atoms with Crippen LogP contribution < -0.4 is 15.1 Å². The maximum atomic E-state index is 14.1. The number of carbonyl (C=O) groups is 2. The number of carboxylic acid groups (broad SMARTS) is 1. The summed E-state index contributed by atoms with van der Waals surface area (Å²) in [5, 5.41) is 12.4. The smallest absolute Gasteiger partial charge is 0.337 e. The monoisotopic (exact) mass is 433 g/mol. The summed E-state index contributed by atoms with van der Waals surface area (Å²) >= 11 is 0. The quantitative estimate of drug-likeness (QED) is 0.624. The molecule has 0 bridgehead atoms. The maximum Gasteiger partial charge on any atom is 0.337 e. The first-order valence-electron chi connectivity index (χ1n) is 10.4. The Morgan fingerprint density at radius 1 is 0.906 bits per heavy atom. The molecule has 0 radical (unpaired) electrons. The van der Waals surface area contributed by atoms with Crippen molar-refractivity contribution in [2.45, 2.75) is 6.92 Å². The number of hydrogen-bond donors (Lipinski definition) is 2. The Bertz CT molecular complexity index is 1140. The van der Waals surface area contributed by atoms with E-state index in [2.05, 4.69) is 10.2 Å². The number of nitrogens with one attached hydrogen (secondary N) is 1. The molecular formula is C25H24FN3O3. The van der Waals surface area contributed by atoms with Crippen LogP contribution in [0.25, 0.3) is 0 Å². The van der Waals surface area contributed by atoms with Crippen molar-refractivity contribution in [2.24, 2.45) is 0 Å². The van der Waals surface area contributed by atoms with E-state index in [1.807, 2.05) is 30.0 Å². The van der Waals surface area contributed by atoms with Crippen LogP contribution in [0.2, 0.25) is 0 Å². The van der Waals surface area contributed by atoms with Crippen molar-refractivity contribution >= 4 is 28.9 Å². The highest BCUT2D eigenvalue weighted by molar-refractivity contribution is 6.08. The van der Waals surface area contributed by atoms with Gasteiger partial charge in [-0.15, -0.1) is 0 Å². The van der Waals surface area contributed by atoms with Gasteiger partial charge in [0.15, 0.2) is 0 Å². The van der Waals surface area contributed by atoms with Gasteiger partial charge in [-0.05, 0) is 49.4 Å². The van der Waals surface area contributed by atoms with Crippen LogP contribution in [-0.4, -0.2) is 43.2 Å². The largest absolute Gasteiger partial charge is 0.478 e. The van der Waals surface area contributed by atoms with Gasteiger partial charge in [0.25, 0.3) is 5.91 Å². The lowest BCUT2D eigenvalue weighted by Crippen LogP contribution is -2.46. The molecule has 0 spiro atoms.